The van der Waals surface area contributed by atoms with Gasteiger partial charge >= 0.3 is 0 Å². The Kier molecular flexibility index (Phi) is 8.10. The minimum absolute atomic E-state index is 0.00277. The van der Waals surface area contributed by atoms with Crippen LogP contribution in [0.1, 0.15) is 79.0 Å². The maximum absolute atomic E-state index is 6.81. The third kappa shape index (κ3) is 6.39. The Bertz CT molecular complexity index is 2610. The molecule has 0 saturated carbocycles. The third-order valence-electron chi connectivity index (χ3n) is 10.2. The lowest BCUT2D eigenvalue weighted by atomic mass is 9.80. The molecule has 0 N–H and O–H groups in total. The first kappa shape index (κ1) is 34.4. The van der Waals surface area contributed by atoms with Crippen molar-refractivity contribution >= 4 is 32.8 Å². The van der Waals surface area contributed by atoms with Crippen LogP contribution in [0.4, 0.5) is 0 Å². The van der Waals surface area contributed by atoms with E-state index >= 15 is 0 Å². The number of hydrogen-bond donors (Lipinski definition) is 0. The van der Waals surface area contributed by atoms with E-state index in [0.717, 1.165) is 56.1 Å². The second-order valence-corrected chi connectivity index (χ2v) is 17.3. The second-order valence-electron chi connectivity index (χ2n) is 17.3. The fraction of sp³-hybridized carbons (Fsp3) is 0.250. The molecule has 5 nitrogen and oxygen atoms in total. The molecule has 266 valence electrons. The van der Waals surface area contributed by atoms with Crippen molar-refractivity contribution in [3.05, 3.63) is 151 Å². The molecule has 3 heterocycles. The Morgan fingerprint density at radius 3 is 1.85 bits per heavy atom. The van der Waals surface area contributed by atoms with E-state index in [1.54, 1.807) is 0 Å². The average molecular weight is 697 g/mol. The minimum Gasteiger partial charge on any atom is -0.458 e. The molecule has 3 aromatic heterocycles. The predicted molar refractivity (Wildman–Crippen MR) is 218 cm³/mol. The molecule has 0 fully saturated rings. The molecule has 5 heteroatoms. The fourth-order valence-corrected chi connectivity index (χ4v) is 7.14. The molecule has 0 bridgehead atoms. The first-order valence-electron chi connectivity index (χ1n) is 18.5. The molecule has 0 aliphatic carbocycles. The number of para-hydroxylation sites is 3. The van der Waals surface area contributed by atoms with Gasteiger partial charge in [0, 0.05) is 23.0 Å². The largest absolute Gasteiger partial charge is 0.458 e. The van der Waals surface area contributed by atoms with Crippen molar-refractivity contribution < 1.29 is 9.30 Å². The van der Waals surface area contributed by atoms with Gasteiger partial charge in [-0.2, -0.15) is 0 Å². The molecule has 0 amide bonds. The summed E-state index contributed by atoms with van der Waals surface area (Å²) in [5.41, 5.74) is 10.1. The van der Waals surface area contributed by atoms with Crippen LogP contribution in [0.5, 0.6) is 11.5 Å². The maximum atomic E-state index is 6.81. The lowest BCUT2D eigenvalue weighted by Gasteiger charge is -2.26. The van der Waals surface area contributed by atoms with E-state index in [-0.39, 0.29) is 16.2 Å². The molecule has 0 radical (unpaired) electrons. The van der Waals surface area contributed by atoms with Gasteiger partial charge in [-0.1, -0.05) is 117 Å². The monoisotopic (exact) mass is 696 g/mol. The SMILES string of the molecule is CC(C)(C)c1cc(Oc2ccc3c4ccccc4n(-c4ccccn4)c3c2)cc(-[n+]2[c-]n(-c3cc(C(C)(C)C)cc(C(C)(C)C)c3)c3ccccc32)c1. The van der Waals surface area contributed by atoms with Gasteiger partial charge in [-0.25, -0.2) is 4.98 Å². The standard InChI is InChI=1S/C48H48N4O/c1-46(2,3)32-24-33(47(4,5)6)26-35(25-32)50-31-51(43-19-13-12-18-42(43)50)36-27-34(48(7,8)9)28-38(29-36)53-37-21-22-40-39-16-10-11-17-41(39)52(44(40)30-37)45-20-14-15-23-49-45/h10-30H,1-9H3. The van der Waals surface area contributed by atoms with Crippen LogP contribution >= 0.6 is 0 Å². The van der Waals surface area contributed by atoms with E-state index in [4.69, 9.17) is 9.72 Å². The van der Waals surface area contributed by atoms with Crippen LogP contribution in [-0.2, 0) is 16.2 Å². The van der Waals surface area contributed by atoms with E-state index < -0.39 is 0 Å². The molecule has 0 aliphatic rings. The van der Waals surface area contributed by atoms with E-state index in [2.05, 4.69) is 185 Å². The molecular weight excluding hydrogens is 649 g/mol. The number of aromatic nitrogens is 4. The van der Waals surface area contributed by atoms with Gasteiger partial charge in [-0.05, 0) is 93.6 Å². The number of ether oxygens (including phenoxy) is 1. The number of hydrogen-bond acceptors (Lipinski definition) is 2. The summed E-state index contributed by atoms with van der Waals surface area (Å²) < 4.78 is 13.4. The van der Waals surface area contributed by atoms with E-state index in [1.165, 1.54) is 22.1 Å². The second kappa shape index (κ2) is 12.5. The van der Waals surface area contributed by atoms with Gasteiger partial charge in [-0.3, -0.25) is 13.7 Å². The molecule has 0 atom stereocenters. The predicted octanol–water partition coefficient (Wildman–Crippen LogP) is 11.9. The zero-order valence-corrected chi connectivity index (χ0v) is 32.3. The average Bonchev–Trinajstić information content (AvgIpc) is 3.67. The van der Waals surface area contributed by atoms with Gasteiger partial charge < -0.3 is 4.74 Å². The molecule has 0 unspecified atom stereocenters. The van der Waals surface area contributed by atoms with Gasteiger partial charge in [0.1, 0.15) is 17.3 Å². The Morgan fingerprint density at radius 1 is 0.547 bits per heavy atom. The minimum atomic E-state index is -0.120. The Labute approximate surface area is 313 Å². The number of nitrogens with zero attached hydrogens (tertiary/aromatic N) is 4. The summed E-state index contributed by atoms with van der Waals surface area (Å²) in [6, 6.07) is 43.0. The van der Waals surface area contributed by atoms with Crippen LogP contribution in [0.2, 0.25) is 0 Å². The van der Waals surface area contributed by atoms with Crippen LogP contribution in [0.3, 0.4) is 0 Å². The summed E-state index contributed by atoms with van der Waals surface area (Å²) in [7, 11) is 0. The Hall–Kier alpha value is -5.68. The van der Waals surface area contributed by atoms with Gasteiger partial charge in [0.15, 0.2) is 0 Å². The van der Waals surface area contributed by atoms with E-state index in [0.29, 0.717) is 0 Å². The molecule has 5 aromatic carbocycles. The van der Waals surface area contributed by atoms with Crippen molar-refractivity contribution in [2.45, 2.75) is 78.6 Å². The zero-order valence-electron chi connectivity index (χ0n) is 32.3. The highest BCUT2D eigenvalue weighted by Gasteiger charge is 2.24. The van der Waals surface area contributed by atoms with Crippen molar-refractivity contribution in [3.8, 4) is 28.7 Å². The summed E-state index contributed by atoms with van der Waals surface area (Å²) in [6.45, 7) is 20.4. The quantitative estimate of drug-likeness (QED) is 0.133. The summed E-state index contributed by atoms with van der Waals surface area (Å²) in [4.78, 5) is 4.71. The highest BCUT2D eigenvalue weighted by molar-refractivity contribution is 6.09. The van der Waals surface area contributed by atoms with Crippen molar-refractivity contribution in [3.63, 3.8) is 0 Å². The summed E-state index contributed by atoms with van der Waals surface area (Å²) in [6.07, 6.45) is 5.62. The molecule has 8 aromatic rings. The number of benzene rings is 5. The number of rotatable bonds is 5. The zero-order chi connectivity index (χ0) is 37.3. The van der Waals surface area contributed by atoms with Crippen molar-refractivity contribution in [1.29, 1.82) is 0 Å². The van der Waals surface area contributed by atoms with Gasteiger partial charge in [0.05, 0.1) is 33.4 Å². The van der Waals surface area contributed by atoms with Crippen LogP contribution in [-0.4, -0.2) is 14.1 Å². The molecule has 53 heavy (non-hydrogen) atoms. The van der Waals surface area contributed by atoms with Crippen LogP contribution in [0.15, 0.2) is 128 Å². The number of imidazole rings is 1. The fourth-order valence-electron chi connectivity index (χ4n) is 7.14. The van der Waals surface area contributed by atoms with Gasteiger partial charge in [0.2, 0.25) is 0 Å². The third-order valence-corrected chi connectivity index (χ3v) is 10.2. The van der Waals surface area contributed by atoms with Crippen molar-refractivity contribution in [2.75, 3.05) is 0 Å². The molecular formula is C48H48N4O. The maximum Gasteiger partial charge on any atom is 0.269 e. The van der Waals surface area contributed by atoms with Crippen LogP contribution < -0.4 is 9.30 Å². The van der Waals surface area contributed by atoms with Gasteiger partial charge in [0.25, 0.3) is 6.33 Å². The molecule has 0 saturated heterocycles. The highest BCUT2D eigenvalue weighted by atomic mass is 16.5. The topological polar surface area (TPSA) is 35.9 Å². The van der Waals surface area contributed by atoms with E-state index in [1.807, 2.05) is 24.4 Å². The van der Waals surface area contributed by atoms with Gasteiger partial charge in [-0.15, -0.1) is 0 Å². The molecule has 8 rings (SSSR count). The lowest BCUT2D eigenvalue weighted by molar-refractivity contribution is -0.572. The molecule has 0 aliphatic heterocycles. The molecule has 0 spiro atoms. The normalized spacial score (nSPS) is 12.6. The first-order valence-corrected chi connectivity index (χ1v) is 18.5. The van der Waals surface area contributed by atoms with Crippen molar-refractivity contribution in [2.24, 2.45) is 0 Å². The summed E-state index contributed by atoms with van der Waals surface area (Å²) in [5, 5.41) is 2.34. The smallest absolute Gasteiger partial charge is 0.269 e. The van der Waals surface area contributed by atoms with Crippen LogP contribution in [0, 0.1) is 6.33 Å². The van der Waals surface area contributed by atoms with Crippen LogP contribution in [0.25, 0.3) is 50.0 Å². The summed E-state index contributed by atoms with van der Waals surface area (Å²) >= 11 is 0. The number of pyridine rings is 1. The number of fused-ring (bicyclic) bond motifs is 4. The summed E-state index contributed by atoms with van der Waals surface area (Å²) in [5.74, 6) is 2.41. The lowest BCUT2D eigenvalue weighted by Crippen LogP contribution is -2.30. The van der Waals surface area contributed by atoms with Crippen molar-refractivity contribution in [1.82, 2.24) is 14.1 Å². The Morgan fingerprint density at radius 2 is 1.17 bits per heavy atom. The Balaban J connectivity index is 1.28. The highest BCUT2D eigenvalue weighted by Crippen LogP contribution is 2.37. The van der Waals surface area contributed by atoms with E-state index in [9.17, 15) is 0 Å². The first-order chi connectivity index (χ1) is 25.1.